The van der Waals surface area contributed by atoms with Gasteiger partial charge in [0.1, 0.15) is 10.9 Å². The highest BCUT2D eigenvalue weighted by Crippen LogP contribution is 2.33. The van der Waals surface area contributed by atoms with Gasteiger partial charge in [0.05, 0.1) is 24.1 Å². The van der Waals surface area contributed by atoms with Crippen LogP contribution in [0, 0.1) is 6.92 Å². The predicted octanol–water partition coefficient (Wildman–Crippen LogP) is 4.93. The molecule has 0 aliphatic rings. The SMILES string of the molecule is COc1ccccc1-c1nnc(SCc2c(C)nn(-c3ccccc3)c2Cl)n1C. The number of benzene rings is 2. The Balaban J connectivity index is 1.58. The van der Waals surface area contributed by atoms with Gasteiger partial charge in [-0.3, -0.25) is 0 Å². The van der Waals surface area contributed by atoms with Crippen LogP contribution in [0.15, 0.2) is 59.8 Å². The first kappa shape index (κ1) is 19.5. The maximum Gasteiger partial charge on any atom is 0.191 e. The van der Waals surface area contributed by atoms with E-state index in [0.29, 0.717) is 10.9 Å². The third-order valence-corrected chi connectivity index (χ3v) is 6.09. The van der Waals surface area contributed by atoms with E-state index in [1.54, 1.807) is 23.6 Å². The normalized spacial score (nSPS) is 11.0. The van der Waals surface area contributed by atoms with Gasteiger partial charge in [-0.05, 0) is 31.2 Å². The number of aryl methyl sites for hydroxylation is 1. The quantitative estimate of drug-likeness (QED) is 0.410. The zero-order chi connectivity index (χ0) is 20.4. The van der Waals surface area contributed by atoms with Gasteiger partial charge < -0.3 is 9.30 Å². The smallest absolute Gasteiger partial charge is 0.191 e. The molecule has 2 aromatic carbocycles. The number of halogens is 1. The van der Waals surface area contributed by atoms with E-state index in [1.807, 2.05) is 73.1 Å². The topological polar surface area (TPSA) is 57.8 Å². The first-order chi connectivity index (χ1) is 14.1. The van der Waals surface area contributed by atoms with E-state index in [2.05, 4.69) is 15.3 Å². The average Bonchev–Trinajstić information content (AvgIpc) is 3.26. The van der Waals surface area contributed by atoms with Gasteiger partial charge >= 0.3 is 0 Å². The third-order valence-electron chi connectivity index (χ3n) is 4.65. The molecule has 0 saturated carbocycles. The molecule has 29 heavy (non-hydrogen) atoms. The second-order valence-corrected chi connectivity index (χ2v) is 7.76. The molecule has 2 heterocycles. The number of hydrogen-bond donors (Lipinski definition) is 0. The van der Waals surface area contributed by atoms with Crippen LogP contribution in [0.3, 0.4) is 0 Å². The van der Waals surface area contributed by atoms with Crippen molar-refractivity contribution in [2.75, 3.05) is 7.11 Å². The van der Waals surface area contributed by atoms with Crippen molar-refractivity contribution in [3.63, 3.8) is 0 Å². The average molecular weight is 426 g/mol. The van der Waals surface area contributed by atoms with Crippen LogP contribution in [0.25, 0.3) is 17.1 Å². The number of para-hydroxylation sites is 2. The van der Waals surface area contributed by atoms with Gasteiger partial charge in [-0.1, -0.05) is 53.7 Å². The lowest BCUT2D eigenvalue weighted by Crippen LogP contribution is -1.97. The van der Waals surface area contributed by atoms with E-state index in [4.69, 9.17) is 16.3 Å². The maximum absolute atomic E-state index is 6.64. The predicted molar refractivity (Wildman–Crippen MR) is 116 cm³/mol. The molecule has 6 nitrogen and oxygen atoms in total. The highest BCUT2D eigenvalue weighted by Gasteiger charge is 2.18. The molecular weight excluding hydrogens is 406 g/mol. The lowest BCUT2D eigenvalue weighted by molar-refractivity contribution is 0.416. The Bertz CT molecular complexity index is 1140. The summed E-state index contributed by atoms with van der Waals surface area (Å²) in [7, 11) is 3.60. The van der Waals surface area contributed by atoms with Gasteiger partial charge in [0.25, 0.3) is 0 Å². The summed E-state index contributed by atoms with van der Waals surface area (Å²) in [5.41, 5.74) is 3.73. The van der Waals surface area contributed by atoms with Crippen molar-refractivity contribution in [2.45, 2.75) is 17.8 Å². The number of ether oxygens (including phenoxy) is 1. The van der Waals surface area contributed by atoms with Gasteiger partial charge in [-0.15, -0.1) is 10.2 Å². The molecule has 8 heteroatoms. The van der Waals surface area contributed by atoms with Crippen LogP contribution in [-0.2, 0) is 12.8 Å². The van der Waals surface area contributed by atoms with Gasteiger partial charge in [0, 0.05) is 18.4 Å². The largest absolute Gasteiger partial charge is 0.496 e. The minimum absolute atomic E-state index is 0.619. The highest BCUT2D eigenvalue weighted by molar-refractivity contribution is 7.98. The molecule has 0 spiro atoms. The fourth-order valence-corrected chi connectivity index (χ4v) is 4.49. The second-order valence-electron chi connectivity index (χ2n) is 6.46. The Labute approximate surface area is 178 Å². The molecule has 0 saturated heterocycles. The standard InChI is InChI=1S/C21H20ClN5OS/c1-14-17(19(22)27(25-14)15-9-5-4-6-10-15)13-29-21-24-23-20(26(21)2)16-11-7-8-12-18(16)28-3/h4-12H,13H2,1-3H3. The third kappa shape index (κ3) is 3.75. The lowest BCUT2D eigenvalue weighted by atomic mass is 10.2. The summed E-state index contributed by atoms with van der Waals surface area (Å²) >= 11 is 8.22. The Morgan fingerprint density at radius 3 is 2.52 bits per heavy atom. The Morgan fingerprint density at radius 1 is 1.03 bits per heavy atom. The molecule has 0 unspecified atom stereocenters. The number of hydrogen-bond acceptors (Lipinski definition) is 5. The zero-order valence-corrected chi connectivity index (χ0v) is 17.9. The molecule has 0 amide bonds. The minimum Gasteiger partial charge on any atom is -0.496 e. The molecule has 0 bridgehead atoms. The fourth-order valence-electron chi connectivity index (χ4n) is 3.08. The van der Waals surface area contributed by atoms with E-state index < -0.39 is 0 Å². The number of thioether (sulfide) groups is 1. The molecule has 0 atom stereocenters. The zero-order valence-electron chi connectivity index (χ0n) is 16.3. The molecule has 0 N–H and O–H groups in total. The first-order valence-corrected chi connectivity index (χ1v) is 10.4. The van der Waals surface area contributed by atoms with Crippen LogP contribution in [0.5, 0.6) is 5.75 Å². The molecule has 0 aliphatic carbocycles. The Kier molecular flexibility index (Phi) is 5.60. The summed E-state index contributed by atoms with van der Waals surface area (Å²) in [6.45, 7) is 1.97. The Morgan fingerprint density at radius 2 is 1.76 bits per heavy atom. The second kappa shape index (κ2) is 8.31. The van der Waals surface area contributed by atoms with Crippen LogP contribution in [0.2, 0.25) is 5.15 Å². The van der Waals surface area contributed by atoms with Crippen LogP contribution in [-0.4, -0.2) is 31.7 Å². The van der Waals surface area contributed by atoms with Gasteiger partial charge in [0.15, 0.2) is 11.0 Å². The molecule has 148 valence electrons. The molecular formula is C21H20ClN5OS. The number of aromatic nitrogens is 5. The van der Waals surface area contributed by atoms with Gasteiger partial charge in [-0.2, -0.15) is 5.10 Å². The minimum atomic E-state index is 0.619. The summed E-state index contributed by atoms with van der Waals surface area (Å²) in [6, 6.07) is 17.7. The van der Waals surface area contributed by atoms with E-state index in [0.717, 1.165) is 39.2 Å². The Hall–Kier alpha value is -2.77. The van der Waals surface area contributed by atoms with Crippen LogP contribution < -0.4 is 4.74 Å². The van der Waals surface area contributed by atoms with E-state index >= 15 is 0 Å². The summed E-state index contributed by atoms with van der Waals surface area (Å²) in [4.78, 5) is 0. The molecule has 0 fully saturated rings. The van der Waals surface area contributed by atoms with E-state index in [9.17, 15) is 0 Å². The van der Waals surface area contributed by atoms with Crippen molar-refractivity contribution in [3.05, 3.63) is 71.0 Å². The number of nitrogens with zero attached hydrogens (tertiary/aromatic N) is 5. The summed E-state index contributed by atoms with van der Waals surface area (Å²) < 4.78 is 9.19. The van der Waals surface area contributed by atoms with Crippen molar-refractivity contribution in [1.29, 1.82) is 0 Å². The van der Waals surface area contributed by atoms with Crippen LogP contribution in [0.4, 0.5) is 0 Å². The summed E-state index contributed by atoms with van der Waals surface area (Å²) in [5.74, 6) is 2.17. The molecule has 4 aromatic rings. The van der Waals surface area contributed by atoms with Crippen molar-refractivity contribution in [1.82, 2.24) is 24.5 Å². The van der Waals surface area contributed by atoms with Crippen molar-refractivity contribution >= 4 is 23.4 Å². The number of rotatable bonds is 6. The monoisotopic (exact) mass is 425 g/mol. The highest BCUT2D eigenvalue weighted by atomic mass is 35.5. The maximum atomic E-state index is 6.64. The summed E-state index contributed by atoms with van der Waals surface area (Å²) in [5, 5.41) is 14.7. The van der Waals surface area contributed by atoms with Crippen LogP contribution in [0.1, 0.15) is 11.3 Å². The fraction of sp³-hybridized carbons (Fsp3) is 0.190. The van der Waals surface area contributed by atoms with Crippen LogP contribution >= 0.6 is 23.4 Å². The van der Waals surface area contributed by atoms with E-state index in [-0.39, 0.29) is 0 Å². The van der Waals surface area contributed by atoms with Crippen molar-refractivity contribution in [2.24, 2.45) is 7.05 Å². The molecule has 4 rings (SSSR count). The van der Waals surface area contributed by atoms with E-state index in [1.165, 1.54) is 0 Å². The van der Waals surface area contributed by atoms with Crippen molar-refractivity contribution in [3.8, 4) is 22.8 Å². The number of methoxy groups -OCH3 is 1. The lowest BCUT2D eigenvalue weighted by Gasteiger charge is -2.08. The molecule has 0 aliphatic heterocycles. The van der Waals surface area contributed by atoms with Gasteiger partial charge in [-0.25, -0.2) is 4.68 Å². The first-order valence-electron chi connectivity index (χ1n) is 9.05. The van der Waals surface area contributed by atoms with Gasteiger partial charge in [0.2, 0.25) is 0 Å². The van der Waals surface area contributed by atoms with Crippen molar-refractivity contribution < 1.29 is 4.74 Å². The summed E-state index contributed by atoms with van der Waals surface area (Å²) in [6.07, 6.45) is 0. The molecule has 0 radical (unpaired) electrons. The molecule has 2 aromatic heterocycles.